The van der Waals surface area contributed by atoms with Crippen LogP contribution >= 0.6 is 0 Å². The van der Waals surface area contributed by atoms with Gasteiger partial charge in [-0.1, -0.05) is 30.7 Å². The van der Waals surface area contributed by atoms with Crippen molar-refractivity contribution in [2.45, 2.75) is 51.7 Å². The number of aromatic nitrogens is 1. The van der Waals surface area contributed by atoms with E-state index in [1.54, 1.807) is 25.1 Å². The van der Waals surface area contributed by atoms with E-state index in [9.17, 15) is 9.59 Å². The Hall–Kier alpha value is -2.86. The standard InChI is InChI=1S/C23H27N3O3/c1-16-7-5-6-14-25(16)15-18-10-12-19(13-11-18)24-22(27)17(2)26-20-8-3-4-9-21(20)29-23(26)28/h3-4,8-13,16-17H,5-7,14-15H2,1-2H3,(H,24,27). The van der Waals surface area contributed by atoms with Gasteiger partial charge in [0, 0.05) is 18.3 Å². The smallest absolute Gasteiger partial charge is 0.408 e. The zero-order valence-electron chi connectivity index (χ0n) is 16.9. The van der Waals surface area contributed by atoms with E-state index in [-0.39, 0.29) is 5.91 Å². The second-order valence-electron chi connectivity index (χ2n) is 7.88. The molecule has 3 aromatic rings. The maximum Gasteiger partial charge on any atom is 0.420 e. The summed E-state index contributed by atoms with van der Waals surface area (Å²) < 4.78 is 6.63. The lowest BCUT2D eigenvalue weighted by Crippen LogP contribution is -2.36. The average Bonchev–Trinajstić information content (AvgIpc) is 3.06. The van der Waals surface area contributed by atoms with Crippen LogP contribution in [0.1, 0.15) is 44.7 Å². The highest BCUT2D eigenvalue weighted by molar-refractivity contribution is 5.94. The van der Waals surface area contributed by atoms with Gasteiger partial charge in [-0.25, -0.2) is 4.79 Å². The molecule has 1 aromatic heterocycles. The van der Waals surface area contributed by atoms with Crippen LogP contribution in [0.25, 0.3) is 11.1 Å². The number of carbonyl (C=O) groups excluding carboxylic acids is 1. The number of likely N-dealkylation sites (tertiary alicyclic amines) is 1. The quantitative estimate of drug-likeness (QED) is 0.706. The Morgan fingerprint density at radius 2 is 1.93 bits per heavy atom. The molecule has 0 aliphatic carbocycles. The zero-order chi connectivity index (χ0) is 20.4. The lowest BCUT2D eigenvalue weighted by molar-refractivity contribution is -0.118. The summed E-state index contributed by atoms with van der Waals surface area (Å²) in [5, 5.41) is 2.91. The van der Waals surface area contributed by atoms with Gasteiger partial charge >= 0.3 is 5.76 Å². The number of para-hydroxylation sites is 2. The maximum absolute atomic E-state index is 12.7. The molecule has 2 atom stereocenters. The highest BCUT2D eigenvalue weighted by Crippen LogP contribution is 2.21. The summed E-state index contributed by atoms with van der Waals surface area (Å²) >= 11 is 0. The summed E-state index contributed by atoms with van der Waals surface area (Å²) in [6, 6.07) is 15.0. The van der Waals surface area contributed by atoms with Gasteiger partial charge in [0.25, 0.3) is 0 Å². The van der Waals surface area contributed by atoms with E-state index in [1.165, 1.54) is 29.4 Å². The normalized spacial score (nSPS) is 18.6. The number of nitrogens with zero attached hydrogens (tertiary/aromatic N) is 2. The second-order valence-corrected chi connectivity index (χ2v) is 7.88. The summed E-state index contributed by atoms with van der Waals surface area (Å²) in [5.41, 5.74) is 3.06. The van der Waals surface area contributed by atoms with Crippen LogP contribution in [0.15, 0.2) is 57.7 Å². The number of rotatable bonds is 5. The third-order valence-electron chi connectivity index (χ3n) is 5.83. The number of nitrogens with one attached hydrogen (secondary N) is 1. The van der Waals surface area contributed by atoms with Gasteiger partial charge in [-0.2, -0.15) is 0 Å². The molecule has 0 spiro atoms. The minimum atomic E-state index is -0.681. The molecule has 6 heteroatoms. The first kappa shape index (κ1) is 19.5. The SMILES string of the molecule is CC1CCCCN1Cc1ccc(NC(=O)C(C)n2c(=O)oc3ccccc32)cc1. The summed E-state index contributed by atoms with van der Waals surface area (Å²) in [6.07, 6.45) is 3.84. The lowest BCUT2D eigenvalue weighted by atomic mass is 10.0. The van der Waals surface area contributed by atoms with Crippen LogP contribution in [-0.2, 0) is 11.3 Å². The van der Waals surface area contributed by atoms with Gasteiger partial charge in [0.2, 0.25) is 5.91 Å². The van der Waals surface area contributed by atoms with Crippen molar-refractivity contribution in [3.8, 4) is 0 Å². The number of carbonyl (C=O) groups is 1. The van der Waals surface area contributed by atoms with E-state index in [1.807, 2.05) is 18.2 Å². The molecule has 2 heterocycles. The molecule has 0 saturated carbocycles. The summed E-state index contributed by atoms with van der Waals surface area (Å²) in [6.45, 7) is 6.06. The largest absolute Gasteiger partial charge is 0.420 e. The van der Waals surface area contributed by atoms with Crippen LogP contribution in [0.2, 0.25) is 0 Å². The van der Waals surface area contributed by atoms with E-state index < -0.39 is 11.8 Å². The molecule has 1 saturated heterocycles. The number of anilines is 1. The number of hydrogen-bond donors (Lipinski definition) is 1. The Morgan fingerprint density at radius 1 is 1.17 bits per heavy atom. The highest BCUT2D eigenvalue weighted by atomic mass is 16.4. The molecule has 1 fully saturated rings. The first-order chi connectivity index (χ1) is 14.0. The van der Waals surface area contributed by atoms with Crippen molar-refractivity contribution in [3.63, 3.8) is 0 Å². The van der Waals surface area contributed by atoms with Crippen LogP contribution in [0, 0.1) is 0 Å². The molecule has 6 nitrogen and oxygen atoms in total. The monoisotopic (exact) mass is 393 g/mol. The van der Waals surface area contributed by atoms with E-state index in [4.69, 9.17) is 4.42 Å². The minimum Gasteiger partial charge on any atom is -0.408 e. The van der Waals surface area contributed by atoms with Crippen molar-refractivity contribution in [2.75, 3.05) is 11.9 Å². The van der Waals surface area contributed by atoms with Gasteiger partial charge in [-0.05, 0) is 63.1 Å². The van der Waals surface area contributed by atoms with Gasteiger partial charge in [-0.3, -0.25) is 14.3 Å². The van der Waals surface area contributed by atoms with Crippen LogP contribution in [0.3, 0.4) is 0 Å². The number of hydrogen-bond acceptors (Lipinski definition) is 4. The van der Waals surface area contributed by atoms with Crippen LogP contribution < -0.4 is 11.1 Å². The average molecular weight is 393 g/mol. The van der Waals surface area contributed by atoms with E-state index in [2.05, 4.69) is 29.3 Å². The van der Waals surface area contributed by atoms with Gasteiger partial charge in [0.1, 0.15) is 6.04 Å². The van der Waals surface area contributed by atoms with Gasteiger partial charge < -0.3 is 9.73 Å². The molecule has 1 N–H and O–H groups in total. The van der Waals surface area contributed by atoms with Crippen molar-refractivity contribution in [1.82, 2.24) is 9.47 Å². The molecule has 1 aliphatic rings. The molecular weight excluding hydrogens is 366 g/mol. The summed E-state index contributed by atoms with van der Waals surface area (Å²) in [4.78, 5) is 27.4. The topological polar surface area (TPSA) is 67.5 Å². The Balaban J connectivity index is 1.44. The molecule has 2 aromatic carbocycles. The second kappa shape index (κ2) is 8.25. The first-order valence-corrected chi connectivity index (χ1v) is 10.3. The molecule has 29 heavy (non-hydrogen) atoms. The fourth-order valence-electron chi connectivity index (χ4n) is 4.04. The molecule has 4 rings (SSSR count). The molecule has 0 radical (unpaired) electrons. The van der Waals surface area contributed by atoms with Crippen molar-refractivity contribution >= 4 is 22.7 Å². The first-order valence-electron chi connectivity index (χ1n) is 10.3. The summed E-state index contributed by atoms with van der Waals surface area (Å²) in [5.74, 6) is -0.782. The Morgan fingerprint density at radius 3 is 2.69 bits per heavy atom. The highest BCUT2D eigenvalue weighted by Gasteiger charge is 2.21. The van der Waals surface area contributed by atoms with Crippen molar-refractivity contribution < 1.29 is 9.21 Å². The van der Waals surface area contributed by atoms with E-state index in [0.29, 0.717) is 17.1 Å². The number of fused-ring (bicyclic) bond motifs is 1. The zero-order valence-corrected chi connectivity index (χ0v) is 16.9. The Bertz CT molecular complexity index is 1050. The van der Waals surface area contributed by atoms with Crippen molar-refractivity contribution in [2.24, 2.45) is 0 Å². The van der Waals surface area contributed by atoms with Gasteiger partial charge in [0.05, 0.1) is 5.52 Å². The van der Waals surface area contributed by atoms with Gasteiger partial charge in [-0.15, -0.1) is 0 Å². The van der Waals surface area contributed by atoms with Crippen LogP contribution in [0.5, 0.6) is 0 Å². The van der Waals surface area contributed by atoms with Gasteiger partial charge in [0.15, 0.2) is 5.58 Å². The third-order valence-corrected chi connectivity index (χ3v) is 5.83. The number of piperidine rings is 1. The Labute approximate surface area is 170 Å². The molecular formula is C23H27N3O3. The lowest BCUT2D eigenvalue weighted by Gasteiger charge is -2.33. The van der Waals surface area contributed by atoms with E-state index >= 15 is 0 Å². The molecule has 1 aliphatic heterocycles. The molecule has 2 unspecified atom stereocenters. The van der Waals surface area contributed by atoms with Crippen molar-refractivity contribution in [1.29, 1.82) is 0 Å². The Kier molecular flexibility index (Phi) is 5.53. The molecule has 152 valence electrons. The van der Waals surface area contributed by atoms with Crippen LogP contribution in [0.4, 0.5) is 5.69 Å². The number of benzene rings is 2. The third kappa shape index (κ3) is 4.12. The minimum absolute atomic E-state index is 0.254. The number of amides is 1. The van der Waals surface area contributed by atoms with Crippen molar-refractivity contribution in [3.05, 3.63) is 64.6 Å². The molecule has 0 bridgehead atoms. The fourth-order valence-corrected chi connectivity index (χ4v) is 4.04. The fraction of sp³-hybridized carbons (Fsp3) is 0.391. The predicted octanol–water partition coefficient (Wildman–Crippen LogP) is 4.17. The summed E-state index contributed by atoms with van der Waals surface area (Å²) in [7, 11) is 0. The predicted molar refractivity (Wildman–Crippen MR) is 114 cm³/mol. The van der Waals surface area contributed by atoms with Crippen LogP contribution in [-0.4, -0.2) is 28.0 Å². The van der Waals surface area contributed by atoms with E-state index in [0.717, 1.165) is 18.8 Å². The maximum atomic E-state index is 12.7. The number of oxazole rings is 1. The molecule has 1 amide bonds.